The van der Waals surface area contributed by atoms with Crippen molar-refractivity contribution in [3.8, 4) is 0 Å². The molecule has 1 heteroatoms. The molecule has 0 radical (unpaired) electrons. The molecule has 1 fully saturated rings. The zero-order valence-corrected chi connectivity index (χ0v) is 8.42. The van der Waals surface area contributed by atoms with Gasteiger partial charge in [0.1, 0.15) is 0 Å². The summed E-state index contributed by atoms with van der Waals surface area (Å²) in [5.41, 5.74) is 0. The van der Waals surface area contributed by atoms with E-state index in [-0.39, 0.29) is 6.10 Å². The Morgan fingerprint density at radius 1 is 1.17 bits per heavy atom. The van der Waals surface area contributed by atoms with E-state index >= 15 is 0 Å². The number of hydrogen-bond donors (Lipinski definition) is 1. The number of aliphatic hydroxyl groups is 1. The summed E-state index contributed by atoms with van der Waals surface area (Å²) in [4.78, 5) is 0. The van der Waals surface area contributed by atoms with E-state index in [0.717, 1.165) is 24.7 Å². The molecule has 0 aromatic heterocycles. The summed E-state index contributed by atoms with van der Waals surface area (Å²) in [5, 5.41) is 9.50. The van der Waals surface area contributed by atoms with Gasteiger partial charge in [0.25, 0.3) is 0 Å². The average molecular weight is 170 g/mol. The summed E-state index contributed by atoms with van der Waals surface area (Å²) in [6, 6.07) is 0. The van der Waals surface area contributed by atoms with Crippen molar-refractivity contribution in [2.24, 2.45) is 11.8 Å². The fourth-order valence-corrected chi connectivity index (χ4v) is 2.55. The maximum absolute atomic E-state index is 9.50. The first kappa shape index (κ1) is 10.0. The number of aliphatic hydroxyl groups excluding tert-OH is 1. The van der Waals surface area contributed by atoms with E-state index in [2.05, 4.69) is 13.8 Å². The van der Waals surface area contributed by atoms with Crippen LogP contribution in [-0.4, -0.2) is 11.2 Å². The van der Waals surface area contributed by atoms with E-state index in [0.29, 0.717) is 0 Å². The second kappa shape index (κ2) is 4.86. The Morgan fingerprint density at radius 3 is 2.50 bits per heavy atom. The minimum atomic E-state index is 0.00283. The molecule has 1 aliphatic rings. The zero-order valence-electron chi connectivity index (χ0n) is 8.42. The molecule has 1 rings (SSSR count). The van der Waals surface area contributed by atoms with Crippen LogP contribution in [0.2, 0.25) is 0 Å². The molecule has 1 nitrogen and oxygen atoms in total. The van der Waals surface area contributed by atoms with Gasteiger partial charge in [-0.15, -0.1) is 0 Å². The SMILES string of the molecule is CCCC1CCC(O)CC1CC. The third-order valence-electron chi connectivity index (χ3n) is 3.30. The van der Waals surface area contributed by atoms with Crippen molar-refractivity contribution in [1.82, 2.24) is 0 Å². The van der Waals surface area contributed by atoms with Crippen LogP contribution >= 0.6 is 0 Å². The molecule has 1 saturated carbocycles. The monoisotopic (exact) mass is 170 g/mol. The summed E-state index contributed by atoms with van der Waals surface area (Å²) in [6.45, 7) is 4.52. The standard InChI is InChI=1S/C11H22O/c1-3-5-10-6-7-11(12)8-9(10)4-2/h9-12H,3-8H2,1-2H3. The molecular formula is C11H22O. The van der Waals surface area contributed by atoms with Crippen LogP contribution < -0.4 is 0 Å². The molecule has 1 N–H and O–H groups in total. The van der Waals surface area contributed by atoms with Crippen molar-refractivity contribution in [1.29, 1.82) is 0 Å². The normalized spacial score (nSPS) is 36.8. The smallest absolute Gasteiger partial charge is 0.0543 e. The molecule has 0 aromatic carbocycles. The summed E-state index contributed by atoms with van der Waals surface area (Å²) in [7, 11) is 0. The molecule has 3 atom stereocenters. The van der Waals surface area contributed by atoms with Gasteiger partial charge in [-0.25, -0.2) is 0 Å². The van der Waals surface area contributed by atoms with Crippen molar-refractivity contribution in [2.45, 2.75) is 58.5 Å². The van der Waals surface area contributed by atoms with Crippen LogP contribution in [0.3, 0.4) is 0 Å². The molecule has 0 amide bonds. The molecular weight excluding hydrogens is 148 g/mol. The van der Waals surface area contributed by atoms with E-state index < -0.39 is 0 Å². The average Bonchev–Trinajstić information content (AvgIpc) is 2.08. The fourth-order valence-electron chi connectivity index (χ4n) is 2.55. The van der Waals surface area contributed by atoms with Crippen molar-refractivity contribution >= 4 is 0 Å². The van der Waals surface area contributed by atoms with Crippen LogP contribution in [-0.2, 0) is 0 Å². The number of hydrogen-bond acceptors (Lipinski definition) is 1. The molecule has 0 aliphatic heterocycles. The van der Waals surface area contributed by atoms with Gasteiger partial charge >= 0.3 is 0 Å². The maximum Gasteiger partial charge on any atom is 0.0543 e. The van der Waals surface area contributed by atoms with Crippen molar-refractivity contribution in [2.75, 3.05) is 0 Å². The van der Waals surface area contributed by atoms with Crippen LogP contribution in [0.4, 0.5) is 0 Å². The highest BCUT2D eigenvalue weighted by atomic mass is 16.3. The van der Waals surface area contributed by atoms with E-state index in [1.165, 1.54) is 25.7 Å². The van der Waals surface area contributed by atoms with Gasteiger partial charge in [-0.3, -0.25) is 0 Å². The van der Waals surface area contributed by atoms with Crippen LogP contribution in [0.1, 0.15) is 52.4 Å². The van der Waals surface area contributed by atoms with E-state index in [9.17, 15) is 5.11 Å². The van der Waals surface area contributed by atoms with Gasteiger partial charge in [0, 0.05) is 0 Å². The molecule has 0 spiro atoms. The lowest BCUT2D eigenvalue weighted by Gasteiger charge is -2.33. The third-order valence-corrected chi connectivity index (χ3v) is 3.30. The molecule has 3 unspecified atom stereocenters. The number of rotatable bonds is 3. The minimum Gasteiger partial charge on any atom is -0.393 e. The molecule has 0 bridgehead atoms. The topological polar surface area (TPSA) is 20.2 Å². The Morgan fingerprint density at radius 2 is 1.92 bits per heavy atom. The first-order valence-corrected chi connectivity index (χ1v) is 5.46. The Labute approximate surface area is 76.2 Å². The molecule has 0 saturated heterocycles. The van der Waals surface area contributed by atoms with Gasteiger partial charge in [-0.1, -0.05) is 33.1 Å². The molecule has 0 aromatic rings. The lowest BCUT2D eigenvalue weighted by atomic mass is 9.75. The lowest BCUT2D eigenvalue weighted by molar-refractivity contribution is 0.0637. The first-order valence-electron chi connectivity index (χ1n) is 5.46. The van der Waals surface area contributed by atoms with Gasteiger partial charge in [0.2, 0.25) is 0 Å². The summed E-state index contributed by atoms with van der Waals surface area (Å²) in [5.74, 6) is 1.71. The second-order valence-corrected chi connectivity index (χ2v) is 4.18. The Bertz CT molecular complexity index is 122. The van der Waals surface area contributed by atoms with Crippen LogP contribution in [0.15, 0.2) is 0 Å². The highest BCUT2D eigenvalue weighted by Gasteiger charge is 2.27. The van der Waals surface area contributed by atoms with Crippen LogP contribution in [0.5, 0.6) is 0 Å². The van der Waals surface area contributed by atoms with Crippen LogP contribution in [0.25, 0.3) is 0 Å². The summed E-state index contributed by atoms with van der Waals surface area (Å²) < 4.78 is 0. The van der Waals surface area contributed by atoms with Gasteiger partial charge in [-0.05, 0) is 31.1 Å². The van der Waals surface area contributed by atoms with Crippen molar-refractivity contribution < 1.29 is 5.11 Å². The Balaban J connectivity index is 2.39. The third kappa shape index (κ3) is 2.48. The van der Waals surface area contributed by atoms with Crippen molar-refractivity contribution in [3.05, 3.63) is 0 Å². The lowest BCUT2D eigenvalue weighted by Crippen LogP contribution is -2.27. The fraction of sp³-hybridized carbons (Fsp3) is 1.00. The molecule has 0 heterocycles. The van der Waals surface area contributed by atoms with Gasteiger partial charge in [-0.2, -0.15) is 0 Å². The first-order chi connectivity index (χ1) is 5.77. The second-order valence-electron chi connectivity index (χ2n) is 4.18. The predicted octanol–water partition coefficient (Wildman–Crippen LogP) is 2.97. The summed E-state index contributed by atoms with van der Waals surface area (Å²) >= 11 is 0. The van der Waals surface area contributed by atoms with E-state index in [1.807, 2.05) is 0 Å². The highest BCUT2D eigenvalue weighted by molar-refractivity contribution is 4.78. The maximum atomic E-state index is 9.50. The van der Waals surface area contributed by atoms with Gasteiger partial charge in [0.15, 0.2) is 0 Å². The van der Waals surface area contributed by atoms with E-state index in [4.69, 9.17) is 0 Å². The van der Waals surface area contributed by atoms with Gasteiger partial charge < -0.3 is 5.11 Å². The van der Waals surface area contributed by atoms with Gasteiger partial charge in [0.05, 0.1) is 6.10 Å². The van der Waals surface area contributed by atoms with Crippen LogP contribution in [0, 0.1) is 11.8 Å². The predicted molar refractivity (Wildman–Crippen MR) is 52.0 cm³/mol. The van der Waals surface area contributed by atoms with Crippen molar-refractivity contribution in [3.63, 3.8) is 0 Å². The Hall–Kier alpha value is -0.0400. The summed E-state index contributed by atoms with van der Waals surface area (Å²) in [6.07, 6.45) is 7.28. The molecule has 72 valence electrons. The minimum absolute atomic E-state index is 0.00283. The largest absolute Gasteiger partial charge is 0.393 e. The quantitative estimate of drug-likeness (QED) is 0.690. The van der Waals surface area contributed by atoms with E-state index in [1.54, 1.807) is 0 Å². The zero-order chi connectivity index (χ0) is 8.97. The molecule has 1 aliphatic carbocycles. The Kier molecular flexibility index (Phi) is 4.07. The molecule has 12 heavy (non-hydrogen) atoms. The highest BCUT2D eigenvalue weighted by Crippen LogP contribution is 2.35.